The van der Waals surface area contributed by atoms with Crippen molar-refractivity contribution in [3.63, 3.8) is 0 Å². The van der Waals surface area contributed by atoms with E-state index in [1.165, 1.54) is 0 Å². The Labute approximate surface area is 115 Å². The molecular weight excluding hydrogens is 266 g/mol. The van der Waals surface area contributed by atoms with Gasteiger partial charge < -0.3 is 15.3 Å². The van der Waals surface area contributed by atoms with Crippen LogP contribution in [-0.2, 0) is 11.2 Å². The normalized spacial score (nSPS) is 16.3. The molecule has 1 aromatic heterocycles. The molecule has 0 radical (unpaired) electrons. The number of urea groups is 1. The first-order valence-electron chi connectivity index (χ1n) is 6.31. The SMILES string of the molecule is O=C(O)C1CCN(C(=O)NCCc2nccs2)CC1. The van der Waals surface area contributed by atoms with Gasteiger partial charge in [0.25, 0.3) is 0 Å². The van der Waals surface area contributed by atoms with E-state index in [0.717, 1.165) is 11.4 Å². The van der Waals surface area contributed by atoms with E-state index >= 15 is 0 Å². The molecular formula is C12H17N3O3S. The highest BCUT2D eigenvalue weighted by Crippen LogP contribution is 2.17. The summed E-state index contributed by atoms with van der Waals surface area (Å²) in [5.74, 6) is -1.07. The quantitative estimate of drug-likeness (QED) is 0.869. The molecule has 7 heteroatoms. The number of rotatable bonds is 4. The maximum absolute atomic E-state index is 11.9. The van der Waals surface area contributed by atoms with Gasteiger partial charge >= 0.3 is 12.0 Å². The smallest absolute Gasteiger partial charge is 0.317 e. The number of likely N-dealkylation sites (tertiary alicyclic amines) is 1. The van der Waals surface area contributed by atoms with Crippen molar-refractivity contribution in [1.82, 2.24) is 15.2 Å². The summed E-state index contributed by atoms with van der Waals surface area (Å²) in [5.41, 5.74) is 0. The first-order chi connectivity index (χ1) is 9.16. The molecule has 0 aliphatic carbocycles. The molecule has 2 heterocycles. The lowest BCUT2D eigenvalue weighted by Crippen LogP contribution is -2.45. The van der Waals surface area contributed by atoms with Gasteiger partial charge in [-0.15, -0.1) is 11.3 Å². The summed E-state index contributed by atoms with van der Waals surface area (Å²) in [6, 6.07) is -0.111. The molecule has 1 fully saturated rings. The molecule has 1 aliphatic heterocycles. The van der Waals surface area contributed by atoms with Gasteiger partial charge in [-0.3, -0.25) is 4.79 Å². The van der Waals surface area contributed by atoms with Crippen LogP contribution in [0.25, 0.3) is 0 Å². The summed E-state index contributed by atoms with van der Waals surface area (Å²) in [7, 11) is 0. The summed E-state index contributed by atoms with van der Waals surface area (Å²) in [6.45, 7) is 1.59. The molecule has 2 rings (SSSR count). The van der Waals surface area contributed by atoms with Gasteiger partial charge in [-0.1, -0.05) is 0 Å². The van der Waals surface area contributed by atoms with Crippen LogP contribution in [0.1, 0.15) is 17.8 Å². The predicted octanol–water partition coefficient (Wildman–Crippen LogP) is 1.19. The van der Waals surface area contributed by atoms with Crippen molar-refractivity contribution in [3.05, 3.63) is 16.6 Å². The standard InChI is InChI=1S/C12H17N3O3S/c16-11(17)9-2-6-15(7-3-9)12(18)14-4-1-10-13-5-8-19-10/h5,8-9H,1-4,6-7H2,(H,14,18)(H,16,17). The zero-order valence-electron chi connectivity index (χ0n) is 10.5. The minimum atomic E-state index is -0.760. The second-order valence-corrected chi connectivity index (χ2v) is 5.49. The van der Waals surface area contributed by atoms with Crippen LogP contribution in [-0.4, -0.2) is 46.6 Å². The largest absolute Gasteiger partial charge is 0.481 e. The lowest BCUT2D eigenvalue weighted by atomic mass is 9.97. The van der Waals surface area contributed by atoms with E-state index in [1.807, 2.05) is 5.38 Å². The number of thiazole rings is 1. The van der Waals surface area contributed by atoms with Crippen molar-refractivity contribution in [2.75, 3.05) is 19.6 Å². The van der Waals surface area contributed by atoms with Crippen LogP contribution in [0, 0.1) is 5.92 Å². The lowest BCUT2D eigenvalue weighted by Gasteiger charge is -2.30. The number of aliphatic carboxylic acids is 1. The minimum absolute atomic E-state index is 0.111. The third-order valence-electron chi connectivity index (χ3n) is 3.23. The highest BCUT2D eigenvalue weighted by molar-refractivity contribution is 7.09. The summed E-state index contributed by atoms with van der Waals surface area (Å²) < 4.78 is 0. The molecule has 6 nitrogen and oxygen atoms in total. The van der Waals surface area contributed by atoms with E-state index < -0.39 is 5.97 Å². The van der Waals surface area contributed by atoms with Gasteiger partial charge in [0.05, 0.1) is 10.9 Å². The Bertz CT molecular complexity index is 427. The van der Waals surface area contributed by atoms with Crippen molar-refractivity contribution in [2.24, 2.45) is 5.92 Å². The van der Waals surface area contributed by atoms with Gasteiger partial charge in [-0.25, -0.2) is 9.78 Å². The van der Waals surface area contributed by atoms with Crippen LogP contribution in [0.4, 0.5) is 4.79 Å². The third kappa shape index (κ3) is 3.92. The van der Waals surface area contributed by atoms with E-state index in [-0.39, 0.29) is 11.9 Å². The van der Waals surface area contributed by atoms with Crippen LogP contribution < -0.4 is 5.32 Å². The summed E-state index contributed by atoms with van der Waals surface area (Å²) >= 11 is 1.57. The number of amides is 2. The molecule has 1 saturated heterocycles. The summed E-state index contributed by atoms with van der Waals surface area (Å²) in [6.07, 6.45) is 3.55. The minimum Gasteiger partial charge on any atom is -0.481 e. The van der Waals surface area contributed by atoms with Crippen LogP contribution in [0.5, 0.6) is 0 Å². The average molecular weight is 283 g/mol. The maximum atomic E-state index is 11.9. The molecule has 104 valence electrons. The number of aromatic nitrogens is 1. The second kappa shape index (κ2) is 6.51. The first kappa shape index (κ1) is 13.8. The Balaban J connectivity index is 1.68. The molecule has 0 bridgehead atoms. The Morgan fingerprint density at radius 3 is 2.79 bits per heavy atom. The van der Waals surface area contributed by atoms with E-state index in [2.05, 4.69) is 10.3 Å². The maximum Gasteiger partial charge on any atom is 0.317 e. The van der Waals surface area contributed by atoms with Gasteiger partial charge in [0, 0.05) is 37.6 Å². The monoisotopic (exact) mass is 283 g/mol. The fourth-order valence-electron chi connectivity index (χ4n) is 2.09. The topological polar surface area (TPSA) is 82.5 Å². The Hall–Kier alpha value is -1.63. The lowest BCUT2D eigenvalue weighted by molar-refractivity contribution is -0.143. The van der Waals surface area contributed by atoms with Crippen molar-refractivity contribution < 1.29 is 14.7 Å². The van der Waals surface area contributed by atoms with E-state index in [9.17, 15) is 9.59 Å². The number of carbonyl (C=O) groups excluding carboxylic acids is 1. The fourth-order valence-corrected chi connectivity index (χ4v) is 2.71. The number of nitrogens with one attached hydrogen (secondary N) is 1. The van der Waals surface area contributed by atoms with Crippen molar-refractivity contribution in [3.8, 4) is 0 Å². The van der Waals surface area contributed by atoms with Crippen LogP contribution in [0.2, 0.25) is 0 Å². The molecule has 0 unspecified atom stereocenters. The number of carboxylic acids is 1. The van der Waals surface area contributed by atoms with Gasteiger partial charge in [0.2, 0.25) is 0 Å². The van der Waals surface area contributed by atoms with Crippen molar-refractivity contribution in [1.29, 1.82) is 0 Å². The van der Waals surface area contributed by atoms with Gasteiger partial charge in [0.15, 0.2) is 0 Å². The molecule has 2 amide bonds. The fraction of sp³-hybridized carbons (Fsp3) is 0.583. The first-order valence-corrected chi connectivity index (χ1v) is 7.18. The van der Waals surface area contributed by atoms with E-state index in [4.69, 9.17) is 5.11 Å². The zero-order valence-corrected chi connectivity index (χ0v) is 11.4. The van der Waals surface area contributed by atoms with Crippen LogP contribution in [0.15, 0.2) is 11.6 Å². The number of carbonyl (C=O) groups is 2. The number of hydrogen-bond acceptors (Lipinski definition) is 4. The van der Waals surface area contributed by atoms with E-state index in [1.54, 1.807) is 22.4 Å². The molecule has 1 aliphatic rings. The summed E-state index contributed by atoms with van der Waals surface area (Å²) in [4.78, 5) is 28.5. The molecule has 0 atom stereocenters. The average Bonchev–Trinajstić information content (AvgIpc) is 2.92. The van der Waals surface area contributed by atoms with Crippen LogP contribution >= 0.6 is 11.3 Å². The molecule has 0 saturated carbocycles. The molecule has 1 aromatic rings. The highest BCUT2D eigenvalue weighted by Gasteiger charge is 2.26. The Morgan fingerprint density at radius 1 is 1.47 bits per heavy atom. The van der Waals surface area contributed by atoms with Crippen molar-refractivity contribution >= 4 is 23.3 Å². The Morgan fingerprint density at radius 2 is 2.21 bits per heavy atom. The number of piperidine rings is 1. The highest BCUT2D eigenvalue weighted by atomic mass is 32.1. The van der Waals surface area contributed by atoms with Gasteiger partial charge in [0.1, 0.15) is 0 Å². The van der Waals surface area contributed by atoms with Gasteiger partial charge in [-0.05, 0) is 12.8 Å². The molecule has 0 aromatic carbocycles. The Kier molecular flexibility index (Phi) is 4.73. The number of nitrogens with zero attached hydrogens (tertiary/aromatic N) is 2. The molecule has 2 N–H and O–H groups in total. The van der Waals surface area contributed by atoms with Crippen LogP contribution in [0.3, 0.4) is 0 Å². The predicted molar refractivity (Wildman–Crippen MR) is 71.1 cm³/mol. The van der Waals surface area contributed by atoms with Crippen molar-refractivity contribution in [2.45, 2.75) is 19.3 Å². The molecule has 0 spiro atoms. The summed E-state index contributed by atoms with van der Waals surface area (Å²) in [5, 5.41) is 14.6. The third-order valence-corrected chi connectivity index (χ3v) is 4.07. The second-order valence-electron chi connectivity index (χ2n) is 4.51. The number of hydrogen-bond donors (Lipinski definition) is 2. The zero-order chi connectivity index (χ0) is 13.7. The van der Waals surface area contributed by atoms with E-state index in [0.29, 0.717) is 32.5 Å². The van der Waals surface area contributed by atoms with Gasteiger partial charge in [-0.2, -0.15) is 0 Å². The molecule has 19 heavy (non-hydrogen) atoms. The number of carboxylic acid groups (broad SMARTS) is 1.